The Balaban J connectivity index is 2.28. The highest BCUT2D eigenvalue weighted by Crippen LogP contribution is 2.19. The van der Waals surface area contributed by atoms with E-state index in [0.717, 1.165) is 5.52 Å². The van der Waals surface area contributed by atoms with Crippen LogP contribution in [0.3, 0.4) is 0 Å². The average Bonchev–Trinajstić information content (AvgIpc) is 2.76. The van der Waals surface area contributed by atoms with Gasteiger partial charge in [0.05, 0.1) is 11.7 Å². The van der Waals surface area contributed by atoms with E-state index in [9.17, 15) is 4.79 Å². The molecule has 0 N–H and O–H groups in total. The highest BCUT2D eigenvalue weighted by Gasteiger charge is 2.06. The van der Waals surface area contributed by atoms with E-state index in [2.05, 4.69) is 15.3 Å². The van der Waals surface area contributed by atoms with E-state index in [-0.39, 0.29) is 5.97 Å². The maximum Gasteiger partial charge on any atom is 0.308 e. The van der Waals surface area contributed by atoms with Crippen LogP contribution in [0.5, 0.6) is 5.75 Å². The molecule has 0 fully saturated rings. The van der Waals surface area contributed by atoms with Gasteiger partial charge < -0.3 is 4.74 Å². The van der Waals surface area contributed by atoms with Crippen LogP contribution in [0.15, 0.2) is 30.5 Å². The standard InChI is InChI=1S/C11H8N4O2/c1-7(16)17-8-2-3-9-10(6-8)15-11(14-13-9)4-5-12-15/h2-6H,1H3. The number of esters is 1. The zero-order chi connectivity index (χ0) is 11.8. The Labute approximate surface area is 95.8 Å². The fraction of sp³-hybridized carbons (Fsp3) is 0.0909. The summed E-state index contributed by atoms with van der Waals surface area (Å²) in [4.78, 5) is 10.9. The van der Waals surface area contributed by atoms with Crippen molar-refractivity contribution in [3.05, 3.63) is 30.5 Å². The van der Waals surface area contributed by atoms with Gasteiger partial charge in [-0.05, 0) is 12.1 Å². The Morgan fingerprint density at radius 1 is 1.29 bits per heavy atom. The molecule has 2 heterocycles. The fourth-order valence-electron chi connectivity index (χ4n) is 1.65. The summed E-state index contributed by atoms with van der Waals surface area (Å²) in [6.07, 6.45) is 1.64. The van der Waals surface area contributed by atoms with Gasteiger partial charge in [-0.25, -0.2) is 4.52 Å². The van der Waals surface area contributed by atoms with Crippen LogP contribution in [0.2, 0.25) is 0 Å². The summed E-state index contributed by atoms with van der Waals surface area (Å²) in [5.74, 6) is 0.109. The van der Waals surface area contributed by atoms with E-state index in [1.54, 1.807) is 35.0 Å². The van der Waals surface area contributed by atoms with E-state index in [4.69, 9.17) is 4.74 Å². The molecule has 6 heteroatoms. The number of rotatable bonds is 1. The Bertz CT molecular complexity index is 720. The topological polar surface area (TPSA) is 69.4 Å². The highest BCUT2D eigenvalue weighted by molar-refractivity contribution is 5.79. The van der Waals surface area contributed by atoms with Gasteiger partial charge in [-0.2, -0.15) is 5.10 Å². The van der Waals surface area contributed by atoms with Gasteiger partial charge in [0.25, 0.3) is 0 Å². The number of hydrogen-bond acceptors (Lipinski definition) is 5. The summed E-state index contributed by atoms with van der Waals surface area (Å²) < 4.78 is 6.67. The molecule has 0 saturated heterocycles. The number of aromatic nitrogens is 4. The van der Waals surface area contributed by atoms with Crippen LogP contribution in [-0.4, -0.2) is 25.8 Å². The molecule has 0 aliphatic rings. The number of nitrogens with zero attached hydrogens (tertiary/aromatic N) is 4. The molecule has 84 valence electrons. The van der Waals surface area contributed by atoms with Crippen LogP contribution in [-0.2, 0) is 4.79 Å². The molecule has 0 spiro atoms. The van der Waals surface area contributed by atoms with Gasteiger partial charge in [-0.1, -0.05) is 0 Å². The van der Waals surface area contributed by atoms with Crippen molar-refractivity contribution < 1.29 is 9.53 Å². The van der Waals surface area contributed by atoms with Gasteiger partial charge >= 0.3 is 5.97 Å². The SMILES string of the molecule is CC(=O)Oc1ccc2nnc3ccnn3c2c1. The molecule has 6 nitrogen and oxygen atoms in total. The van der Waals surface area contributed by atoms with Gasteiger partial charge in [-0.3, -0.25) is 4.79 Å². The molecule has 0 aliphatic heterocycles. The minimum atomic E-state index is -0.358. The first-order chi connectivity index (χ1) is 8.24. The van der Waals surface area contributed by atoms with E-state index < -0.39 is 0 Å². The molecular weight excluding hydrogens is 220 g/mol. The number of carbonyl (C=O) groups is 1. The second-order valence-electron chi connectivity index (χ2n) is 3.55. The molecule has 0 aliphatic carbocycles. The second kappa shape index (κ2) is 3.51. The van der Waals surface area contributed by atoms with Gasteiger partial charge in [0.15, 0.2) is 5.65 Å². The van der Waals surface area contributed by atoms with Gasteiger partial charge in [0.2, 0.25) is 0 Å². The number of fused-ring (bicyclic) bond motifs is 3. The van der Waals surface area contributed by atoms with E-state index in [1.165, 1.54) is 6.92 Å². The predicted molar refractivity (Wildman–Crippen MR) is 59.6 cm³/mol. The van der Waals surface area contributed by atoms with Crippen molar-refractivity contribution in [2.75, 3.05) is 0 Å². The summed E-state index contributed by atoms with van der Waals surface area (Å²) in [6, 6.07) is 6.88. The quantitative estimate of drug-likeness (QED) is 0.462. The lowest BCUT2D eigenvalue weighted by Crippen LogP contribution is -2.02. The van der Waals surface area contributed by atoms with Crippen molar-refractivity contribution in [2.24, 2.45) is 0 Å². The first-order valence-electron chi connectivity index (χ1n) is 5.03. The van der Waals surface area contributed by atoms with Crippen LogP contribution in [0.4, 0.5) is 0 Å². The zero-order valence-corrected chi connectivity index (χ0v) is 8.99. The first kappa shape index (κ1) is 9.71. The Morgan fingerprint density at radius 2 is 2.18 bits per heavy atom. The molecule has 0 unspecified atom stereocenters. The number of carbonyl (C=O) groups excluding carboxylic acids is 1. The van der Waals surface area contributed by atoms with E-state index in [0.29, 0.717) is 16.9 Å². The molecule has 0 saturated carbocycles. The summed E-state index contributed by atoms with van der Waals surface area (Å²) in [5, 5.41) is 12.2. The van der Waals surface area contributed by atoms with E-state index in [1.807, 2.05) is 0 Å². The molecule has 0 amide bonds. The van der Waals surface area contributed by atoms with Crippen molar-refractivity contribution in [1.29, 1.82) is 0 Å². The third-order valence-electron chi connectivity index (χ3n) is 2.32. The molecule has 17 heavy (non-hydrogen) atoms. The van der Waals surface area contributed by atoms with Crippen molar-refractivity contribution >= 4 is 22.6 Å². The van der Waals surface area contributed by atoms with Crippen LogP contribution in [0, 0.1) is 0 Å². The normalized spacial score (nSPS) is 10.9. The minimum Gasteiger partial charge on any atom is -0.427 e. The summed E-state index contributed by atoms with van der Waals surface area (Å²) in [7, 11) is 0. The molecule has 0 atom stereocenters. The number of benzene rings is 1. The minimum absolute atomic E-state index is 0.358. The zero-order valence-electron chi connectivity index (χ0n) is 8.99. The van der Waals surface area contributed by atoms with Gasteiger partial charge in [-0.15, -0.1) is 10.2 Å². The lowest BCUT2D eigenvalue weighted by Gasteiger charge is -2.03. The fourth-order valence-corrected chi connectivity index (χ4v) is 1.65. The summed E-state index contributed by atoms with van der Waals surface area (Å²) in [5.41, 5.74) is 2.09. The molecule has 0 bridgehead atoms. The van der Waals surface area contributed by atoms with Crippen molar-refractivity contribution in [1.82, 2.24) is 19.8 Å². The third-order valence-corrected chi connectivity index (χ3v) is 2.32. The third kappa shape index (κ3) is 1.59. The van der Waals surface area contributed by atoms with Crippen LogP contribution in [0.1, 0.15) is 6.92 Å². The maximum atomic E-state index is 10.9. The van der Waals surface area contributed by atoms with Crippen LogP contribution >= 0.6 is 0 Å². The smallest absolute Gasteiger partial charge is 0.308 e. The van der Waals surface area contributed by atoms with Gasteiger partial charge in [0, 0.05) is 19.1 Å². The summed E-state index contributed by atoms with van der Waals surface area (Å²) in [6.45, 7) is 1.36. The monoisotopic (exact) mass is 228 g/mol. The molecule has 0 radical (unpaired) electrons. The Morgan fingerprint density at radius 3 is 3.00 bits per heavy atom. The molecule has 1 aromatic carbocycles. The Hall–Kier alpha value is -2.50. The highest BCUT2D eigenvalue weighted by atomic mass is 16.5. The van der Waals surface area contributed by atoms with Crippen LogP contribution in [0.25, 0.3) is 16.7 Å². The summed E-state index contributed by atoms with van der Waals surface area (Å²) >= 11 is 0. The number of ether oxygens (including phenoxy) is 1. The number of hydrogen-bond donors (Lipinski definition) is 0. The van der Waals surface area contributed by atoms with Crippen molar-refractivity contribution in [2.45, 2.75) is 6.92 Å². The average molecular weight is 228 g/mol. The van der Waals surface area contributed by atoms with Gasteiger partial charge in [0.1, 0.15) is 11.3 Å². The van der Waals surface area contributed by atoms with Crippen molar-refractivity contribution in [3.63, 3.8) is 0 Å². The maximum absolute atomic E-state index is 10.9. The van der Waals surface area contributed by atoms with E-state index >= 15 is 0 Å². The first-order valence-corrected chi connectivity index (χ1v) is 5.03. The largest absolute Gasteiger partial charge is 0.427 e. The lowest BCUT2D eigenvalue weighted by molar-refractivity contribution is -0.131. The van der Waals surface area contributed by atoms with Crippen LogP contribution < -0.4 is 4.74 Å². The lowest BCUT2D eigenvalue weighted by atomic mass is 10.3. The molecule has 3 rings (SSSR count). The molecular formula is C11H8N4O2. The molecule has 2 aromatic heterocycles. The predicted octanol–water partition coefficient (Wildman–Crippen LogP) is 1.20. The van der Waals surface area contributed by atoms with Crippen molar-refractivity contribution in [3.8, 4) is 5.75 Å². The second-order valence-corrected chi connectivity index (χ2v) is 3.55. The molecule has 3 aromatic rings. The Kier molecular flexibility index (Phi) is 2.01.